The van der Waals surface area contributed by atoms with Gasteiger partial charge >= 0.3 is 0 Å². The summed E-state index contributed by atoms with van der Waals surface area (Å²) in [5.41, 5.74) is 10.0. The fourth-order valence-corrected chi connectivity index (χ4v) is 7.50. The fraction of sp³-hybridized carbons (Fsp3) is 0.119. The summed E-state index contributed by atoms with van der Waals surface area (Å²) >= 11 is 0. The number of benzene rings is 6. The molecular formula is C42H30N2O2. The lowest BCUT2D eigenvalue weighted by molar-refractivity contribution is -0.0683. The van der Waals surface area contributed by atoms with E-state index in [-0.39, 0.29) is 12.2 Å². The van der Waals surface area contributed by atoms with Gasteiger partial charge in [0.15, 0.2) is 0 Å². The second-order valence-corrected chi connectivity index (χ2v) is 12.2. The van der Waals surface area contributed by atoms with Crippen LogP contribution in [0.1, 0.15) is 34.6 Å². The molecule has 3 aliphatic rings. The second kappa shape index (κ2) is 10.8. The molecule has 0 N–H and O–H groups in total. The van der Waals surface area contributed by atoms with Crippen LogP contribution in [0.25, 0.3) is 38.7 Å². The van der Waals surface area contributed by atoms with Crippen molar-refractivity contribution >= 4 is 39.0 Å². The van der Waals surface area contributed by atoms with Crippen LogP contribution in [0, 0.1) is 11.3 Å². The molecule has 0 fully saturated rings. The zero-order chi connectivity index (χ0) is 30.6. The van der Waals surface area contributed by atoms with Crippen LogP contribution in [-0.4, -0.2) is 12.9 Å². The molecule has 0 spiro atoms. The Morgan fingerprint density at radius 1 is 0.696 bits per heavy atom. The first kappa shape index (κ1) is 26.7. The lowest BCUT2D eigenvalue weighted by atomic mass is 9.85. The summed E-state index contributed by atoms with van der Waals surface area (Å²) in [6.45, 7) is 0.580. The summed E-state index contributed by atoms with van der Waals surface area (Å²) in [6.07, 6.45) is 8.23. The van der Waals surface area contributed by atoms with Crippen molar-refractivity contribution in [2.24, 2.45) is 0 Å². The molecule has 4 heteroatoms. The lowest BCUT2D eigenvalue weighted by Gasteiger charge is -2.31. The molecule has 0 amide bonds. The van der Waals surface area contributed by atoms with Gasteiger partial charge in [-0.05, 0) is 93.6 Å². The van der Waals surface area contributed by atoms with Crippen LogP contribution in [0.3, 0.4) is 0 Å². The summed E-state index contributed by atoms with van der Waals surface area (Å²) in [4.78, 5) is 2.34. The number of fused-ring (bicyclic) bond motifs is 9. The van der Waals surface area contributed by atoms with Gasteiger partial charge < -0.3 is 14.4 Å². The van der Waals surface area contributed by atoms with E-state index in [9.17, 15) is 5.26 Å². The van der Waals surface area contributed by atoms with E-state index in [4.69, 9.17) is 9.47 Å². The van der Waals surface area contributed by atoms with Crippen molar-refractivity contribution in [1.82, 2.24) is 0 Å². The molecule has 9 rings (SSSR count). The Hall–Kier alpha value is -5.63. The van der Waals surface area contributed by atoms with Crippen LogP contribution in [0.15, 0.2) is 133 Å². The number of hydrogen-bond acceptors (Lipinski definition) is 4. The smallest absolute Gasteiger partial charge is 0.210 e. The predicted octanol–water partition coefficient (Wildman–Crippen LogP) is 10.0. The van der Waals surface area contributed by atoms with Gasteiger partial charge in [-0.1, -0.05) is 91.0 Å². The maximum atomic E-state index is 9.51. The van der Waals surface area contributed by atoms with E-state index in [1.807, 2.05) is 12.1 Å². The summed E-state index contributed by atoms with van der Waals surface area (Å²) in [6, 6.07) is 42.8. The molecule has 220 valence electrons. The first-order chi connectivity index (χ1) is 22.8. The first-order valence-electron chi connectivity index (χ1n) is 15.9. The highest BCUT2D eigenvalue weighted by Crippen LogP contribution is 2.47. The topological polar surface area (TPSA) is 45.5 Å². The number of aryl methyl sites for hydroxylation is 1. The van der Waals surface area contributed by atoms with Crippen LogP contribution in [-0.2, 0) is 11.2 Å². The Balaban J connectivity index is 1.16. The SMILES string of the molecule is N#Cc1ccc(N(C2=Cc3c(c4ccccc4c4ccccc34)CC2)c2ccc(-c3cccc4c3OC3OCC=CC43)cc2)cc1. The standard InChI is InChI=1S/C42H30N2O2/c43-26-27-14-18-29(19-15-27)44(31-22-23-37-35-9-2-1-7-33(35)34-8-3-4-10-36(34)40(37)25-31)30-20-16-28(17-21-30)32-11-5-12-38-39-13-6-24-45-42(39)46-41(32)38/h1-21,25,39,42H,22-24H2. The maximum absolute atomic E-state index is 9.51. The zero-order valence-electron chi connectivity index (χ0n) is 25.2. The third kappa shape index (κ3) is 4.24. The minimum absolute atomic E-state index is 0.129. The molecule has 2 atom stereocenters. The third-order valence-electron chi connectivity index (χ3n) is 9.64. The van der Waals surface area contributed by atoms with Crippen LogP contribution < -0.4 is 9.64 Å². The van der Waals surface area contributed by atoms with E-state index < -0.39 is 0 Å². The molecular weight excluding hydrogens is 564 g/mol. The summed E-state index contributed by atoms with van der Waals surface area (Å²) in [5, 5.41) is 14.7. The molecule has 0 saturated carbocycles. The summed E-state index contributed by atoms with van der Waals surface area (Å²) in [7, 11) is 0. The molecule has 2 heterocycles. The number of ether oxygens (including phenoxy) is 2. The van der Waals surface area contributed by atoms with E-state index in [1.54, 1.807) is 0 Å². The van der Waals surface area contributed by atoms with Crippen LogP contribution in [0.4, 0.5) is 11.4 Å². The maximum Gasteiger partial charge on any atom is 0.210 e. The van der Waals surface area contributed by atoms with Crippen molar-refractivity contribution in [3.8, 4) is 22.9 Å². The van der Waals surface area contributed by atoms with E-state index >= 15 is 0 Å². The number of nitriles is 1. The largest absolute Gasteiger partial charge is 0.463 e. The average molecular weight is 595 g/mol. The van der Waals surface area contributed by atoms with Crippen molar-refractivity contribution in [1.29, 1.82) is 5.26 Å². The Morgan fingerprint density at radius 3 is 2.15 bits per heavy atom. The summed E-state index contributed by atoms with van der Waals surface area (Å²) < 4.78 is 12.2. The molecule has 0 saturated heterocycles. The minimum Gasteiger partial charge on any atom is -0.463 e. The van der Waals surface area contributed by atoms with Gasteiger partial charge in [0.25, 0.3) is 0 Å². The van der Waals surface area contributed by atoms with Gasteiger partial charge in [-0.2, -0.15) is 5.26 Å². The number of rotatable bonds is 4. The number of anilines is 2. The van der Waals surface area contributed by atoms with Crippen molar-refractivity contribution in [3.05, 3.63) is 155 Å². The van der Waals surface area contributed by atoms with Crippen LogP contribution in [0.2, 0.25) is 0 Å². The monoisotopic (exact) mass is 594 g/mol. The molecule has 0 bridgehead atoms. The minimum atomic E-state index is -0.262. The molecule has 6 aromatic carbocycles. The number of allylic oxidation sites excluding steroid dienone is 1. The Labute approximate surface area is 268 Å². The molecule has 2 unspecified atom stereocenters. The summed E-state index contributed by atoms with van der Waals surface area (Å²) in [5.74, 6) is 1.04. The molecule has 4 nitrogen and oxygen atoms in total. The highest BCUT2D eigenvalue weighted by atomic mass is 16.7. The van der Waals surface area contributed by atoms with Crippen LogP contribution in [0.5, 0.6) is 5.75 Å². The molecule has 6 aromatic rings. The van der Waals surface area contributed by atoms with Crippen molar-refractivity contribution in [2.45, 2.75) is 25.0 Å². The number of hydrogen-bond donors (Lipinski definition) is 0. The first-order valence-corrected chi connectivity index (χ1v) is 15.9. The van der Waals surface area contributed by atoms with Crippen LogP contribution >= 0.6 is 0 Å². The number of para-hydroxylation sites is 1. The Kier molecular flexibility index (Phi) is 6.26. The molecule has 0 radical (unpaired) electrons. The highest BCUT2D eigenvalue weighted by molar-refractivity contribution is 6.13. The molecule has 2 aliphatic heterocycles. The van der Waals surface area contributed by atoms with Gasteiger partial charge in [0.2, 0.25) is 6.29 Å². The van der Waals surface area contributed by atoms with Crippen molar-refractivity contribution in [2.75, 3.05) is 11.5 Å². The van der Waals surface area contributed by atoms with Gasteiger partial charge in [0.1, 0.15) is 5.75 Å². The third-order valence-corrected chi connectivity index (χ3v) is 9.64. The Morgan fingerprint density at radius 2 is 1.39 bits per heavy atom. The van der Waals surface area contributed by atoms with Gasteiger partial charge in [-0.25, -0.2) is 0 Å². The van der Waals surface area contributed by atoms with E-state index in [1.165, 1.54) is 43.9 Å². The quantitative estimate of drug-likeness (QED) is 0.151. The Bertz CT molecular complexity index is 2260. The molecule has 46 heavy (non-hydrogen) atoms. The average Bonchev–Trinajstić information content (AvgIpc) is 3.52. The van der Waals surface area contributed by atoms with Gasteiger partial charge in [0.05, 0.1) is 24.2 Å². The highest BCUT2D eigenvalue weighted by Gasteiger charge is 2.36. The van der Waals surface area contributed by atoms with Gasteiger partial charge in [-0.3, -0.25) is 0 Å². The normalized spacial score (nSPS) is 17.8. The second-order valence-electron chi connectivity index (χ2n) is 12.2. The number of nitrogens with zero attached hydrogens (tertiary/aromatic N) is 2. The van der Waals surface area contributed by atoms with E-state index in [2.05, 4.69) is 132 Å². The molecule has 0 aromatic heterocycles. The molecule has 1 aliphatic carbocycles. The van der Waals surface area contributed by atoms with Gasteiger partial charge in [0, 0.05) is 28.2 Å². The van der Waals surface area contributed by atoms with Crippen molar-refractivity contribution < 1.29 is 9.47 Å². The lowest BCUT2D eigenvalue weighted by Crippen LogP contribution is -2.24. The van der Waals surface area contributed by atoms with Gasteiger partial charge in [-0.15, -0.1) is 0 Å². The zero-order valence-corrected chi connectivity index (χ0v) is 25.2. The van der Waals surface area contributed by atoms with E-state index in [0.717, 1.165) is 41.1 Å². The van der Waals surface area contributed by atoms with E-state index in [0.29, 0.717) is 12.2 Å². The predicted molar refractivity (Wildman–Crippen MR) is 185 cm³/mol. The fourth-order valence-electron chi connectivity index (χ4n) is 7.50. The van der Waals surface area contributed by atoms with Crippen molar-refractivity contribution in [3.63, 3.8) is 0 Å².